The fraction of sp³-hybridized carbons (Fsp3) is 0. The van der Waals surface area contributed by atoms with Crippen LogP contribution in [0.2, 0.25) is 0 Å². The van der Waals surface area contributed by atoms with Crippen LogP contribution in [0, 0.1) is 0 Å². The van der Waals surface area contributed by atoms with Gasteiger partial charge < -0.3 is 8.49 Å². The minimum atomic E-state index is 0.819. The molecule has 0 heterocycles. The molecule has 0 amide bonds. The quantitative estimate of drug-likeness (QED) is 0.477. The fourth-order valence-corrected chi connectivity index (χ4v) is 0.896. The Kier molecular flexibility index (Phi) is 2.76. The number of anilines is 1. The van der Waals surface area contributed by atoms with E-state index >= 15 is 0 Å². The highest BCUT2D eigenvalue weighted by molar-refractivity contribution is 14.1. The highest BCUT2D eigenvalue weighted by Crippen LogP contribution is 2.15. The molecule has 0 aliphatic carbocycles. The number of hydrogen-bond donors (Lipinski definition) is 2. The number of hydrogen-bond acceptors (Lipinski definition) is 3. The van der Waals surface area contributed by atoms with Crippen LogP contribution in [0.4, 0.5) is 5.69 Å². The average Bonchev–Trinajstić information content (AvgIpc) is 2.05. The molecule has 0 saturated heterocycles. The lowest BCUT2D eigenvalue weighted by Gasteiger charge is -1.99. The molecule has 1 aromatic carbocycles. The van der Waals surface area contributed by atoms with Crippen molar-refractivity contribution >= 4 is 28.7 Å². The third-order valence-electron chi connectivity index (χ3n) is 1.11. The monoisotopic (exact) mass is 250 g/mol. The van der Waals surface area contributed by atoms with Gasteiger partial charge in [0.2, 0.25) is 0 Å². The van der Waals surface area contributed by atoms with Gasteiger partial charge in [-0.05, 0) is 24.3 Å². The summed E-state index contributed by atoms with van der Waals surface area (Å²) in [6.07, 6.45) is 0. The van der Waals surface area contributed by atoms with E-state index in [1.54, 1.807) is 0 Å². The molecule has 0 atom stereocenters. The van der Waals surface area contributed by atoms with E-state index in [0.29, 0.717) is 0 Å². The molecule has 0 bridgehead atoms. The first-order valence-electron chi connectivity index (χ1n) is 2.72. The van der Waals surface area contributed by atoms with Gasteiger partial charge in [0.15, 0.2) is 23.0 Å². The summed E-state index contributed by atoms with van der Waals surface area (Å²) in [7, 11) is 0. The van der Waals surface area contributed by atoms with Gasteiger partial charge in [-0.2, -0.15) is 0 Å². The lowest BCUT2D eigenvalue weighted by molar-refractivity contribution is 0.717. The SMILES string of the molecule is NNc1ccc(OI)cc1. The van der Waals surface area contributed by atoms with Crippen LogP contribution in [-0.2, 0) is 0 Å². The molecule has 0 aliphatic rings. The van der Waals surface area contributed by atoms with Crippen molar-refractivity contribution in [3.63, 3.8) is 0 Å². The molecule has 0 fully saturated rings. The number of benzene rings is 1. The summed E-state index contributed by atoms with van der Waals surface area (Å²) in [5.41, 5.74) is 3.39. The minimum Gasteiger partial charge on any atom is -0.428 e. The van der Waals surface area contributed by atoms with E-state index in [1.165, 1.54) is 0 Å². The van der Waals surface area contributed by atoms with Crippen LogP contribution < -0.4 is 14.3 Å². The van der Waals surface area contributed by atoms with Gasteiger partial charge in [-0.25, -0.2) is 0 Å². The van der Waals surface area contributed by atoms with Crippen molar-refractivity contribution in [1.82, 2.24) is 0 Å². The Morgan fingerprint density at radius 1 is 1.30 bits per heavy atom. The maximum absolute atomic E-state index is 5.15. The van der Waals surface area contributed by atoms with Gasteiger partial charge in [0.25, 0.3) is 0 Å². The zero-order valence-corrected chi connectivity index (χ0v) is 7.33. The summed E-state index contributed by atoms with van der Waals surface area (Å²) >= 11 is 1.83. The second-order valence-corrected chi connectivity index (χ2v) is 2.19. The van der Waals surface area contributed by atoms with E-state index in [9.17, 15) is 0 Å². The van der Waals surface area contributed by atoms with E-state index in [4.69, 9.17) is 8.91 Å². The summed E-state index contributed by atoms with van der Waals surface area (Å²) < 4.78 is 4.92. The molecule has 3 nitrogen and oxygen atoms in total. The summed E-state index contributed by atoms with van der Waals surface area (Å²) in [6.45, 7) is 0. The largest absolute Gasteiger partial charge is 0.428 e. The molecule has 1 rings (SSSR count). The zero-order chi connectivity index (χ0) is 7.40. The molecule has 4 heteroatoms. The van der Waals surface area contributed by atoms with E-state index in [1.807, 2.05) is 47.3 Å². The van der Waals surface area contributed by atoms with Crippen molar-refractivity contribution in [3.05, 3.63) is 24.3 Å². The normalized spacial score (nSPS) is 9.00. The van der Waals surface area contributed by atoms with E-state index in [2.05, 4.69) is 5.43 Å². The first-order chi connectivity index (χ1) is 4.86. The topological polar surface area (TPSA) is 47.3 Å². The van der Waals surface area contributed by atoms with Gasteiger partial charge >= 0.3 is 0 Å². The lowest BCUT2D eigenvalue weighted by atomic mass is 10.3. The summed E-state index contributed by atoms with van der Waals surface area (Å²) in [4.78, 5) is 0. The standard InChI is InChI=1S/C6H7IN2O/c7-10-6-3-1-5(9-8)2-4-6/h1-4,9H,8H2. The Hall–Kier alpha value is -0.490. The minimum absolute atomic E-state index is 0.819. The van der Waals surface area contributed by atoms with Crippen LogP contribution in [-0.4, -0.2) is 0 Å². The second-order valence-electron chi connectivity index (χ2n) is 1.75. The summed E-state index contributed by atoms with van der Waals surface area (Å²) in [5, 5.41) is 0. The van der Waals surface area contributed by atoms with E-state index in [0.717, 1.165) is 11.4 Å². The lowest BCUT2D eigenvalue weighted by Crippen LogP contribution is -2.05. The summed E-state index contributed by atoms with van der Waals surface area (Å²) in [6, 6.07) is 7.35. The third-order valence-corrected chi connectivity index (χ3v) is 1.62. The van der Waals surface area contributed by atoms with Gasteiger partial charge in [0.05, 0.1) is 0 Å². The maximum Gasteiger partial charge on any atom is 0.192 e. The molecule has 54 valence electrons. The molecule has 0 spiro atoms. The molecule has 3 N–H and O–H groups in total. The Morgan fingerprint density at radius 3 is 2.30 bits per heavy atom. The predicted molar refractivity (Wildman–Crippen MR) is 48.9 cm³/mol. The van der Waals surface area contributed by atoms with E-state index < -0.39 is 0 Å². The number of nitrogen functional groups attached to an aromatic ring is 1. The first-order valence-corrected chi connectivity index (χ1v) is 3.60. The third kappa shape index (κ3) is 1.74. The number of rotatable bonds is 2. The van der Waals surface area contributed by atoms with Crippen molar-refractivity contribution in [2.45, 2.75) is 0 Å². The van der Waals surface area contributed by atoms with Crippen LogP contribution in [0.1, 0.15) is 0 Å². The van der Waals surface area contributed by atoms with Gasteiger partial charge in [-0.1, -0.05) is 0 Å². The van der Waals surface area contributed by atoms with Crippen molar-refractivity contribution in [1.29, 1.82) is 0 Å². The zero-order valence-electron chi connectivity index (χ0n) is 5.17. The molecular formula is C6H7IN2O. The van der Waals surface area contributed by atoms with E-state index in [-0.39, 0.29) is 0 Å². The van der Waals surface area contributed by atoms with Gasteiger partial charge in [-0.15, -0.1) is 0 Å². The van der Waals surface area contributed by atoms with Gasteiger partial charge in [0.1, 0.15) is 5.75 Å². The molecule has 0 aliphatic heterocycles. The summed E-state index contributed by atoms with van der Waals surface area (Å²) in [5.74, 6) is 5.97. The Morgan fingerprint density at radius 2 is 1.90 bits per heavy atom. The second kappa shape index (κ2) is 3.62. The van der Waals surface area contributed by atoms with Crippen LogP contribution in [0.15, 0.2) is 24.3 Å². The molecule has 0 radical (unpaired) electrons. The molecule has 0 aromatic heterocycles. The Labute approximate surface area is 73.2 Å². The Balaban J connectivity index is 2.80. The smallest absolute Gasteiger partial charge is 0.192 e. The van der Waals surface area contributed by atoms with Crippen LogP contribution in [0.25, 0.3) is 0 Å². The number of hydrazine groups is 1. The van der Waals surface area contributed by atoms with Crippen molar-refractivity contribution in [2.75, 3.05) is 5.43 Å². The number of nitrogens with two attached hydrogens (primary N) is 1. The molecule has 10 heavy (non-hydrogen) atoms. The number of nitrogens with one attached hydrogen (secondary N) is 1. The molecule has 1 aromatic rings. The van der Waals surface area contributed by atoms with Crippen molar-refractivity contribution in [2.24, 2.45) is 5.84 Å². The van der Waals surface area contributed by atoms with Gasteiger partial charge in [-0.3, -0.25) is 5.84 Å². The highest BCUT2D eigenvalue weighted by Gasteiger charge is 1.89. The first kappa shape index (κ1) is 7.62. The Bertz CT molecular complexity index is 176. The van der Waals surface area contributed by atoms with Crippen LogP contribution >= 0.6 is 23.0 Å². The highest BCUT2D eigenvalue weighted by atomic mass is 127. The maximum atomic E-state index is 5.15. The van der Waals surface area contributed by atoms with Crippen molar-refractivity contribution < 1.29 is 3.07 Å². The molecular weight excluding hydrogens is 243 g/mol. The van der Waals surface area contributed by atoms with Crippen molar-refractivity contribution in [3.8, 4) is 5.75 Å². The van der Waals surface area contributed by atoms with Gasteiger partial charge in [0, 0.05) is 5.69 Å². The molecule has 0 unspecified atom stereocenters. The predicted octanol–water partition coefficient (Wildman–Crippen LogP) is 1.70. The van der Waals surface area contributed by atoms with Crippen LogP contribution in [0.3, 0.4) is 0 Å². The fourth-order valence-electron chi connectivity index (χ4n) is 0.603. The van der Waals surface area contributed by atoms with Crippen LogP contribution in [0.5, 0.6) is 5.75 Å². The average molecular weight is 250 g/mol. The molecule has 0 saturated carbocycles. The number of halogens is 1.